The maximum absolute atomic E-state index is 13.2. The summed E-state index contributed by atoms with van der Waals surface area (Å²) in [5.74, 6) is 0.693. The van der Waals surface area contributed by atoms with Gasteiger partial charge >= 0.3 is 0 Å². The van der Waals surface area contributed by atoms with E-state index >= 15 is 0 Å². The van der Waals surface area contributed by atoms with Gasteiger partial charge in [-0.25, -0.2) is 4.98 Å². The molecule has 0 aliphatic carbocycles. The molecule has 4 rings (SSSR count). The number of hydrogen-bond donors (Lipinski definition) is 1. The van der Waals surface area contributed by atoms with Crippen LogP contribution in [-0.4, -0.2) is 64.1 Å². The van der Waals surface area contributed by atoms with Crippen LogP contribution >= 0.6 is 0 Å². The quantitative estimate of drug-likeness (QED) is 0.643. The summed E-state index contributed by atoms with van der Waals surface area (Å²) in [5.41, 5.74) is 3.21. The Kier molecular flexibility index (Phi) is 6.25. The number of aromatic nitrogens is 3. The van der Waals surface area contributed by atoms with Crippen LogP contribution in [0.15, 0.2) is 42.9 Å². The molecule has 4 heterocycles. The molecular formula is C22H27N5O3. The minimum atomic E-state index is -0.0477. The van der Waals surface area contributed by atoms with Gasteiger partial charge in [0.1, 0.15) is 17.5 Å². The monoisotopic (exact) mass is 409 g/mol. The zero-order valence-corrected chi connectivity index (χ0v) is 17.4. The number of rotatable bonds is 7. The van der Waals surface area contributed by atoms with Crippen LogP contribution in [0.4, 0.5) is 0 Å². The van der Waals surface area contributed by atoms with Crippen molar-refractivity contribution in [1.82, 2.24) is 24.6 Å². The van der Waals surface area contributed by atoms with Crippen molar-refractivity contribution in [1.29, 1.82) is 0 Å². The van der Waals surface area contributed by atoms with E-state index in [9.17, 15) is 4.79 Å². The van der Waals surface area contributed by atoms with E-state index in [1.54, 1.807) is 12.4 Å². The van der Waals surface area contributed by atoms with E-state index in [1.807, 2.05) is 53.6 Å². The standard InChI is InChI=1S/C22H27N5O3/c1-16-5-4-8-27-19(15-24-13-17(2)30-18-6-3-7-23-14-18)20(25-21(16)27)22(28)26-9-11-29-12-10-26/h3-8,14,17,24H,9-13,15H2,1-2H3/t17-/m1/s1. The third kappa shape index (κ3) is 4.44. The predicted octanol–water partition coefficient (Wildman–Crippen LogP) is 2.07. The largest absolute Gasteiger partial charge is 0.488 e. The lowest BCUT2D eigenvalue weighted by atomic mass is 10.2. The summed E-state index contributed by atoms with van der Waals surface area (Å²) in [6.45, 7) is 7.45. The number of pyridine rings is 2. The molecule has 158 valence electrons. The topological polar surface area (TPSA) is 81.0 Å². The molecule has 0 spiro atoms. The van der Waals surface area contributed by atoms with Gasteiger partial charge in [-0.15, -0.1) is 0 Å². The Morgan fingerprint density at radius 2 is 2.13 bits per heavy atom. The van der Waals surface area contributed by atoms with Gasteiger partial charge in [0, 0.05) is 38.6 Å². The zero-order chi connectivity index (χ0) is 20.9. The Balaban J connectivity index is 1.50. The first-order chi connectivity index (χ1) is 14.6. The number of hydrogen-bond acceptors (Lipinski definition) is 6. The fourth-order valence-electron chi connectivity index (χ4n) is 3.59. The summed E-state index contributed by atoms with van der Waals surface area (Å²) >= 11 is 0. The van der Waals surface area contributed by atoms with Gasteiger partial charge in [0.15, 0.2) is 5.69 Å². The summed E-state index contributed by atoms with van der Waals surface area (Å²) in [6.07, 6.45) is 5.32. The molecule has 1 saturated heterocycles. The van der Waals surface area contributed by atoms with Gasteiger partial charge < -0.3 is 24.1 Å². The normalized spacial score (nSPS) is 15.3. The molecule has 0 bridgehead atoms. The molecule has 30 heavy (non-hydrogen) atoms. The molecule has 1 amide bonds. The number of aryl methyl sites for hydroxylation is 1. The van der Waals surface area contributed by atoms with Crippen LogP contribution in [0.5, 0.6) is 5.75 Å². The second-order valence-electron chi connectivity index (χ2n) is 7.44. The van der Waals surface area contributed by atoms with E-state index in [-0.39, 0.29) is 12.0 Å². The lowest BCUT2D eigenvalue weighted by Gasteiger charge is -2.26. The molecule has 1 fully saturated rings. The first kappa shape index (κ1) is 20.3. The highest BCUT2D eigenvalue weighted by Crippen LogP contribution is 2.18. The van der Waals surface area contributed by atoms with E-state index in [0.717, 1.165) is 22.7 Å². The van der Waals surface area contributed by atoms with E-state index in [0.29, 0.717) is 45.1 Å². The predicted molar refractivity (Wildman–Crippen MR) is 113 cm³/mol. The first-order valence-electron chi connectivity index (χ1n) is 10.2. The average Bonchev–Trinajstić information content (AvgIpc) is 3.14. The number of carbonyl (C=O) groups excluding carboxylic acids is 1. The SMILES string of the molecule is Cc1cccn2c(CNC[C@@H](C)Oc3cccnc3)c(C(=O)N3CCOCC3)nc12. The number of amides is 1. The van der Waals surface area contributed by atoms with Crippen molar-refractivity contribution in [3.63, 3.8) is 0 Å². The molecule has 0 aromatic carbocycles. The number of imidazole rings is 1. The van der Waals surface area contributed by atoms with Gasteiger partial charge in [0.2, 0.25) is 0 Å². The van der Waals surface area contributed by atoms with Gasteiger partial charge in [-0.3, -0.25) is 9.78 Å². The van der Waals surface area contributed by atoms with Crippen molar-refractivity contribution in [3.8, 4) is 5.75 Å². The Morgan fingerprint density at radius 3 is 2.90 bits per heavy atom. The zero-order valence-electron chi connectivity index (χ0n) is 17.4. The summed E-state index contributed by atoms with van der Waals surface area (Å²) in [5, 5.41) is 3.42. The Labute approximate surface area is 175 Å². The second kappa shape index (κ2) is 9.23. The van der Waals surface area contributed by atoms with E-state index < -0.39 is 0 Å². The maximum Gasteiger partial charge on any atom is 0.274 e. The van der Waals surface area contributed by atoms with Crippen molar-refractivity contribution in [3.05, 3.63) is 59.8 Å². The van der Waals surface area contributed by atoms with Crippen molar-refractivity contribution in [2.24, 2.45) is 0 Å². The fraction of sp³-hybridized carbons (Fsp3) is 0.409. The summed E-state index contributed by atoms with van der Waals surface area (Å²) in [6, 6.07) is 7.71. The molecule has 3 aromatic rings. The van der Waals surface area contributed by atoms with Gasteiger partial charge in [-0.2, -0.15) is 0 Å². The number of nitrogens with one attached hydrogen (secondary N) is 1. The highest BCUT2D eigenvalue weighted by Gasteiger charge is 2.25. The molecule has 8 nitrogen and oxygen atoms in total. The molecular weight excluding hydrogens is 382 g/mol. The van der Waals surface area contributed by atoms with Crippen LogP contribution in [0.2, 0.25) is 0 Å². The van der Waals surface area contributed by atoms with E-state index in [2.05, 4.69) is 10.3 Å². The van der Waals surface area contributed by atoms with Crippen molar-refractivity contribution in [2.45, 2.75) is 26.5 Å². The Morgan fingerprint density at radius 1 is 1.30 bits per heavy atom. The van der Waals surface area contributed by atoms with E-state index in [1.165, 1.54) is 0 Å². The summed E-state index contributed by atoms with van der Waals surface area (Å²) in [4.78, 5) is 23.8. The highest BCUT2D eigenvalue weighted by atomic mass is 16.5. The van der Waals surface area contributed by atoms with Gasteiger partial charge in [0.05, 0.1) is 25.1 Å². The second-order valence-corrected chi connectivity index (χ2v) is 7.44. The van der Waals surface area contributed by atoms with Crippen molar-refractivity contribution < 1.29 is 14.3 Å². The molecule has 0 unspecified atom stereocenters. The Hall–Kier alpha value is -2.97. The van der Waals surface area contributed by atoms with Crippen molar-refractivity contribution in [2.75, 3.05) is 32.8 Å². The maximum atomic E-state index is 13.2. The smallest absolute Gasteiger partial charge is 0.274 e. The molecule has 8 heteroatoms. The fourth-order valence-corrected chi connectivity index (χ4v) is 3.59. The molecule has 0 radical (unpaired) electrons. The van der Waals surface area contributed by atoms with Crippen LogP contribution in [0, 0.1) is 6.92 Å². The lowest BCUT2D eigenvalue weighted by molar-refractivity contribution is 0.0298. The van der Waals surface area contributed by atoms with Crippen LogP contribution in [0.3, 0.4) is 0 Å². The summed E-state index contributed by atoms with van der Waals surface area (Å²) in [7, 11) is 0. The van der Waals surface area contributed by atoms with Crippen LogP contribution in [-0.2, 0) is 11.3 Å². The van der Waals surface area contributed by atoms with Crippen LogP contribution in [0.1, 0.15) is 28.7 Å². The van der Waals surface area contributed by atoms with Crippen LogP contribution < -0.4 is 10.1 Å². The molecule has 3 aromatic heterocycles. The van der Waals surface area contributed by atoms with Gasteiger partial charge in [0.25, 0.3) is 5.91 Å². The molecule has 1 atom stereocenters. The lowest BCUT2D eigenvalue weighted by Crippen LogP contribution is -2.41. The number of nitrogens with zero attached hydrogens (tertiary/aromatic N) is 4. The number of morpholine rings is 1. The first-order valence-corrected chi connectivity index (χ1v) is 10.2. The number of carbonyl (C=O) groups is 1. The Bertz CT molecular complexity index is 999. The highest BCUT2D eigenvalue weighted by molar-refractivity contribution is 5.94. The number of ether oxygens (including phenoxy) is 2. The van der Waals surface area contributed by atoms with Gasteiger partial charge in [-0.05, 0) is 37.6 Å². The van der Waals surface area contributed by atoms with Crippen LogP contribution in [0.25, 0.3) is 5.65 Å². The minimum absolute atomic E-state index is 0.0436. The van der Waals surface area contributed by atoms with Gasteiger partial charge in [-0.1, -0.05) is 6.07 Å². The third-order valence-electron chi connectivity index (χ3n) is 5.14. The third-order valence-corrected chi connectivity index (χ3v) is 5.14. The summed E-state index contributed by atoms with van der Waals surface area (Å²) < 4.78 is 13.3. The molecule has 1 aliphatic heterocycles. The van der Waals surface area contributed by atoms with Crippen molar-refractivity contribution >= 4 is 11.6 Å². The number of fused-ring (bicyclic) bond motifs is 1. The van der Waals surface area contributed by atoms with E-state index in [4.69, 9.17) is 14.5 Å². The average molecular weight is 409 g/mol. The molecule has 1 N–H and O–H groups in total. The molecule has 0 saturated carbocycles. The minimum Gasteiger partial charge on any atom is -0.488 e. The molecule has 1 aliphatic rings.